The van der Waals surface area contributed by atoms with Gasteiger partial charge in [-0.15, -0.1) is 0 Å². The van der Waals surface area contributed by atoms with Crippen LogP contribution in [0, 0.1) is 0 Å². The minimum Gasteiger partial charge on any atom is -0.494 e. The molecule has 2 aromatic heterocycles. The Morgan fingerprint density at radius 2 is 2.03 bits per heavy atom. The minimum atomic E-state index is -0.320. The minimum absolute atomic E-state index is 0.182. The first-order valence-corrected chi connectivity index (χ1v) is 12.3. The second-order valence-electron chi connectivity index (χ2n) is 8.64. The Bertz CT molecular complexity index is 1360. The number of aliphatic imine (C=N–C) groups is 1. The Labute approximate surface area is 202 Å². The molecule has 34 heavy (non-hydrogen) atoms. The molecular weight excluding hydrogens is 446 g/mol. The zero-order chi connectivity index (χ0) is 23.5. The van der Waals surface area contributed by atoms with Crippen LogP contribution in [-0.4, -0.2) is 47.5 Å². The number of pyridine rings is 1. The highest BCUT2D eigenvalue weighted by Gasteiger charge is 2.24. The van der Waals surface area contributed by atoms with E-state index in [4.69, 9.17) is 4.74 Å². The third kappa shape index (κ3) is 4.68. The van der Waals surface area contributed by atoms with Crippen LogP contribution in [0.25, 0.3) is 21.9 Å². The van der Waals surface area contributed by atoms with Crippen molar-refractivity contribution < 1.29 is 9.84 Å². The van der Waals surface area contributed by atoms with Crippen molar-refractivity contribution >= 4 is 34.0 Å². The molecule has 0 amide bonds. The SMILES string of the molecule is COC[C@@H]1CCCN1Cc1ccc(N=Cc2c(O)[nH]c(=O)c3ccc(-c4ccsc4)cc23)cc1. The molecule has 0 radical (unpaired) electrons. The Morgan fingerprint density at radius 1 is 1.18 bits per heavy atom. The molecule has 7 heteroatoms. The van der Waals surface area contributed by atoms with Crippen LogP contribution in [0.2, 0.25) is 0 Å². The van der Waals surface area contributed by atoms with E-state index in [0.717, 1.165) is 36.5 Å². The number of hydrogen-bond donors (Lipinski definition) is 2. The number of rotatable bonds is 7. The molecule has 1 aliphatic rings. The molecule has 0 unspecified atom stereocenters. The molecule has 174 valence electrons. The first-order valence-electron chi connectivity index (χ1n) is 11.4. The normalized spacial score (nSPS) is 16.7. The van der Waals surface area contributed by atoms with Crippen molar-refractivity contribution in [2.75, 3.05) is 20.3 Å². The lowest BCUT2D eigenvalue weighted by atomic mass is 10.0. The zero-order valence-corrected chi connectivity index (χ0v) is 19.8. The summed E-state index contributed by atoms with van der Waals surface area (Å²) >= 11 is 1.62. The molecule has 2 aromatic carbocycles. The lowest BCUT2D eigenvalue weighted by Gasteiger charge is -2.23. The van der Waals surface area contributed by atoms with Crippen LogP contribution in [-0.2, 0) is 11.3 Å². The lowest BCUT2D eigenvalue weighted by molar-refractivity contribution is 0.112. The smallest absolute Gasteiger partial charge is 0.258 e. The van der Waals surface area contributed by atoms with E-state index >= 15 is 0 Å². The lowest BCUT2D eigenvalue weighted by Crippen LogP contribution is -2.32. The van der Waals surface area contributed by atoms with Gasteiger partial charge in [0.15, 0.2) is 0 Å². The number of aromatic nitrogens is 1. The number of benzene rings is 2. The Morgan fingerprint density at radius 3 is 2.79 bits per heavy atom. The number of nitrogens with zero attached hydrogens (tertiary/aromatic N) is 2. The zero-order valence-electron chi connectivity index (χ0n) is 19.0. The maximum Gasteiger partial charge on any atom is 0.258 e. The topological polar surface area (TPSA) is 77.9 Å². The number of aromatic amines is 1. The summed E-state index contributed by atoms with van der Waals surface area (Å²) < 4.78 is 5.36. The summed E-state index contributed by atoms with van der Waals surface area (Å²) in [7, 11) is 1.76. The van der Waals surface area contributed by atoms with Gasteiger partial charge in [-0.2, -0.15) is 11.3 Å². The predicted molar refractivity (Wildman–Crippen MR) is 139 cm³/mol. The van der Waals surface area contributed by atoms with E-state index in [9.17, 15) is 9.90 Å². The highest BCUT2D eigenvalue weighted by molar-refractivity contribution is 7.08. The first kappa shape index (κ1) is 22.5. The van der Waals surface area contributed by atoms with Gasteiger partial charge >= 0.3 is 0 Å². The van der Waals surface area contributed by atoms with Crippen LogP contribution >= 0.6 is 11.3 Å². The van der Waals surface area contributed by atoms with E-state index in [2.05, 4.69) is 32.4 Å². The van der Waals surface area contributed by atoms with Gasteiger partial charge in [-0.25, -0.2) is 0 Å². The molecule has 5 rings (SSSR count). The summed E-state index contributed by atoms with van der Waals surface area (Å²) in [6.45, 7) is 2.77. The number of likely N-dealkylation sites (tertiary alicyclic amines) is 1. The second kappa shape index (κ2) is 9.93. The number of thiophene rings is 1. The van der Waals surface area contributed by atoms with E-state index in [1.165, 1.54) is 18.4 Å². The van der Waals surface area contributed by atoms with Crippen LogP contribution in [0.5, 0.6) is 5.88 Å². The van der Waals surface area contributed by atoms with E-state index in [1.54, 1.807) is 30.7 Å². The van der Waals surface area contributed by atoms with Crippen LogP contribution < -0.4 is 5.56 Å². The maximum atomic E-state index is 12.4. The molecular formula is C27H27N3O3S. The van der Waals surface area contributed by atoms with E-state index < -0.39 is 0 Å². The molecule has 6 nitrogen and oxygen atoms in total. The molecule has 0 bridgehead atoms. The molecule has 0 aliphatic carbocycles. The Balaban J connectivity index is 1.40. The standard InChI is InChI=1S/C27H27N3O3S/c1-33-16-22-3-2-11-30(22)15-18-4-7-21(8-5-18)28-14-25-24-13-19(20-10-12-34-17-20)6-9-23(24)26(31)29-27(25)32/h4-10,12-14,17,22H,2-3,11,15-16H2,1H3,(H2,29,31,32)/t22-/m0/s1. The number of nitrogens with one attached hydrogen (secondary N) is 1. The molecule has 3 heterocycles. The van der Waals surface area contributed by atoms with Gasteiger partial charge in [0.2, 0.25) is 5.88 Å². The van der Waals surface area contributed by atoms with Gasteiger partial charge in [0.05, 0.1) is 17.9 Å². The largest absolute Gasteiger partial charge is 0.494 e. The van der Waals surface area contributed by atoms with Crippen molar-refractivity contribution in [3.05, 3.63) is 80.8 Å². The quantitative estimate of drug-likeness (QED) is 0.356. The van der Waals surface area contributed by atoms with Crippen molar-refractivity contribution in [3.8, 4) is 17.0 Å². The van der Waals surface area contributed by atoms with Crippen molar-refractivity contribution in [1.29, 1.82) is 0 Å². The summed E-state index contributed by atoms with van der Waals surface area (Å²) in [6, 6.07) is 16.3. The van der Waals surface area contributed by atoms with E-state index in [0.29, 0.717) is 22.4 Å². The fourth-order valence-corrected chi connectivity index (χ4v) is 5.28. The number of methoxy groups -OCH3 is 1. The van der Waals surface area contributed by atoms with Crippen LogP contribution in [0.4, 0.5) is 5.69 Å². The van der Waals surface area contributed by atoms with Gasteiger partial charge < -0.3 is 9.84 Å². The number of aromatic hydroxyl groups is 1. The van der Waals surface area contributed by atoms with Gasteiger partial charge in [0, 0.05) is 36.7 Å². The van der Waals surface area contributed by atoms with Crippen LogP contribution in [0.15, 0.2) is 69.1 Å². The van der Waals surface area contributed by atoms with E-state index in [-0.39, 0.29) is 11.4 Å². The summed E-state index contributed by atoms with van der Waals surface area (Å²) in [4.78, 5) is 22.0. The fourth-order valence-electron chi connectivity index (χ4n) is 4.62. The van der Waals surface area contributed by atoms with Gasteiger partial charge in [-0.05, 0) is 77.2 Å². The summed E-state index contributed by atoms with van der Waals surface area (Å²) in [5.41, 5.74) is 4.27. The maximum absolute atomic E-state index is 12.4. The average molecular weight is 474 g/mol. The predicted octanol–water partition coefficient (Wildman–Crippen LogP) is 5.32. The third-order valence-corrected chi connectivity index (χ3v) is 7.10. The van der Waals surface area contributed by atoms with E-state index in [1.807, 2.05) is 35.7 Å². The van der Waals surface area contributed by atoms with Gasteiger partial charge in [0.25, 0.3) is 5.56 Å². The number of hydrogen-bond acceptors (Lipinski definition) is 6. The molecule has 0 spiro atoms. The summed E-state index contributed by atoms with van der Waals surface area (Å²) in [5.74, 6) is -0.182. The third-order valence-electron chi connectivity index (χ3n) is 6.42. The number of fused-ring (bicyclic) bond motifs is 1. The average Bonchev–Trinajstić information content (AvgIpc) is 3.53. The van der Waals surface area contributed by atoms with Gasteiger partial charge in [-0.1, -0.05) is 18.2 Å². The molecule has 0 saturated carbocycles. The van der Waals surface area contributed by atoms with Crippen molar-refractivity contribution in [2.24, 2.45) is 4.99 Å². The summed E-state index contributed by atoms with van der Waals surface area (Å²) in [5, 5.41) is 15.8. The van der Waals surface area contributed by atoms with Gasteiger partial charge in [0.1, 0.15) is 0 Å². The number of ether oxygens (including phenoxy) is 1. The summed E-state index contributed by atoms with van der Waals surface area (Å²) in [6.07, 6.45) is 4.01. The fraction of sp³-hybridized carbons (Fsp3) is 0.259. The van der Waals surface area contributed by atoms with Crippen molar-refractivity contribution in [3.63, 3.8) is 0 Å². The van der Waals surface area contributed by atoms with Crippen LogP contribution in [0.1, 0.15) is 24.0 Å². The Kier molecular flexibility index (Phi) is 6.58. The monoisotopic (exact) mass is 473 g/mol. The number of H-pyrrole nitrogens is 1. The molecule has 4 aromatic rings. The molecule has 1 fully saturated rings. The highest BCUT2D eigenvalue weighted by atomic mass is 32.1. The van der Waals surface area contributed by atoms with Crippen LogP contribution in [0.3, 0.4) is 0 Å². The molecule has 2 N–H and O–H groups in total. The highest BCUT2D eigenvalue weighted by Crippen LogP contribution is 2.29. The molecule has 1 aliphatic heterocycles. The molecule has 1 atom stereocenters. The van der Waals surface area contributed by atoms with Crippen molar-refractivity contribution in [1.82, 2.24) is 9.88 Å². The van der Waals surface area contributed by atoms with Crippen molar-refractivity contribution in [2.45, 2.75) is 25.4 Å². The first-order chi connectivity index (χ1) is 16.6. The molecule has 1 saturated heterocycles. The van der Waals surface area contributed by atoms with Gasteiger partial charge in [-0.3, -0.25) is 19.7 Å². The Hall–Kier alpha value is -3.26. The second-order valence-corrected chi connectivity index (χ2v) is 9.42.